The number of benzene rings is 1. The van der Waals surface area contributed by atoms with Crippen molar-refractivity contribution >= 4 is 40.2 Å². The highest BCUT2D eigenvalue weighted by Gasteiger charge is 2.05. The number of nitrogens with zero attached hydrogens (tertiary/aromatic N) is 3. The highest BCUT2D eigenvalue weighted by atomic mass is 32.2. The summed E-state index contributed by atoms with van der Waals surface area (Å²) in [5.74, 6) is 1.00. The zero-order valence-corrected chi connectivity index (χ0v) is 13.6. The second-order valence-corrected chi connectivity index (χ2v) is 7.23. The quantitative estimate of drug-likeness (QED) is 0.549. The predicted molar refractivity (Wildman–Crippen MR) is 87.2 cm³/mol. The fraction of sp³-hybridized carbons (Fsp3) is 0.357. The molecule has 110 valence electrons. The van der Waals surface area contributed by atoms with Crippen LogP contribution in [0.1, 0.15) is 17.0 Å². The van der Waals surface area contributed by atoms with Crippen LogP contribution in [0.2, 0.25) is 0 Å². The standard InChI is InChI=1S/C14H16N4OS2/c1-9-4-5-12-11(8-9)16-13(19-12)15-6-3-7-20-14-18-17-10(2)21-14/h4-5,8H,3,6-7H2,1-2H3,(H,15,16). The van der Waals surface area contributed by atoms with Crippen LogP contribution in [0.5, 0.6) is 0 Å². The van der Waals surface area contributed by atoms with Gasteiger partial charge in [0.15, 0.2) is 9.92 Å². The average molecular weight is 320 g/mol. The molecule has 0 saturated heterocycles. The van der Waals surface area contributed by atoms with Gasteiger partial charge in [0, 0.05) is 12.3 Å². The van der Waals surface area contributed by atoms with E-state index >= 15 is 0 Å². The van der Waals surface area contributed by atoms with Gasteiger partial charge < -0.3 is 9.73 Å². The van der Waals surface area contributed by atoms with E-state index < -0.39 is 0 Å². The van der Waals surface area contributed by atoms with E-state index in [0.29, 0.717) is 6.01 Å². The molecular weight excluding hydrogens is 304 g/mol. The minimum atomic E-state index is 0.590. The second kappa shape index (κ2) is 6.44. The first-order chi connectivity index (χ1) is 10.2. The molecule has 7 heteroatoms. The van der Waals surface area contributed by atoms with Crippen molar-refractivity contribution in [3.05, 3.63) is 28.8 Å². The summed E-state index contributed by atoms with van der Waals surface area (Å²) < 4.78 is 6.67. The average Bonchev–Trinajstić information content (AvgIpc) is 3.04. The molecule has 2 heterocycles. The highest BCUT2D eigenvalue weighted by Crippen LogP contribution is 2.23. The topological polar surface area (TPSA) is 63.8 Å². The molecule has 0 fully saturated rings. The van der Waals surface area contributed by atoms with E-state index in [0.717, 1.165) is 39.2 Å². The molecule has 0 amide bonds. The summed E-state index contributed by atoms with van der Waals surface area (Å²) in [6.07, 6.45) is 1.01. The van der Waals surface area contributed by atoms with Crippen LogP contribution in [0.15, 0.2) is 27.0 Å². The summed E-state index contributed by atoms with van der Waals surface area (Å²) in [4.78, 5) is 4.43. The van der Waals surface area contributed by atoms with Crippen molar-refractivity contribution in [2.24, 2.45) is 0 Å². The summed E-state index contributed by atoms with van der Waals surface area (Å²) in [5.41, 5.74) is 2.91. The molecule has 0 atom stereocenters. The first-order valence-electron chi connectivity index (χ1n) is 6.75. The Morgan fingerprint density at radius 3 is 3.00 bits per heavy atom. The number of anilines is 1. The van der Waals surface area contributed by atoms with E-state index in [2.05, 4.69) is 20.5 Å². The number of aryl methyl sites for hydroxylation is 2. The first-order valence-corrected chi connectivity index (χ1v) is 8.55. The van der Waals surface area contributed by atoms with E-state index in [-0.39, 0.29) is 0 Å². The Morgan fingerprint density at radius 2 is 2.19 bits per heavy atom. The van der Waals surface area contributed by atoms with Crippen molar-refractivity contribution in [3.63, 3.8) is 0 Å². The lowest BCUT2D eigenvalue weighted by molar-refractivity contribution is 0.614. The number of hydrogen-bond acceptors (Lipinski definition) is 7. The van der Waals surface area contributed by atoms with Crippen LogP contribution in [0.3, 0.4) is 0 Å². The van der Waals surface area contributed by atoms with Gasteiger partial charge in [-0.1, -0.05) is 29.2 Å². The third-order valence-corrected chi connectivity index (χ3v) is 4.93. The highest BCUT2D eigenvalue weighted by molar-refractivity contribution is 8.01. The second-order valence-electron chi connectivity index (χ2n) is 4.71. The molecule has 3 aromatic rings. The number of rotatable bonds is 6. The fourth-order valence-electron chi connectivity index (χ4n) is 1.88. The van der Waals surface area contributed by atoms with Crippen LogP contribution in [-0.4, -0.2) is 27.5 Å². The smallest absolute Gasteiger partial charge is 0.295 e. The van der Waals surface area contributed by atoms with Gasteiger partial charge in [0.2, 0.25) is 0 Å². The number of oxazole rings is 1. The molecule has 5 nitrogen and oxygen atoms in total. The van der Waals surface area contributed by atoms with Gasteiger partial charge in [0.25, 0.3) is 6.01 Å². The van der Waals surface area contributed by atoms with Gasteiger partial charge in [0.1, 0.15) is 10.5 Å². The first kappa shape index (κ1) is 14.3. The zero-order valence-electron chi connectivity index (χ0n) is 11.9. The van der Waals surface area contributed by atoms with Gasteiger partial charge in [-0.2, -0.15) is 4.98 Å². The summed E-state index contributed by atoms with van der Waals surface area (Å²) in [5, 5.41) is 12.3. The lowest BCUT2D eigenvalue weighted by Crippen LogP contribution is -2.02. The molecule has 0 unspecified atom stereocenters. The fourth-order valence-corrected chi connectivity index (χ4v) is 3.70. The van der Waals surface area contributed by atoms with Gasteiger partial charge in [-0.05, 0) is 38.0 Å². The summed E-state index contributed by atoms with van der Waals surface area (Å²) in [6.45, 7) is 4.85. The predicted octanol–water partition coefficient (Wildman–Crippen LogP) is 3.89. The van der Waals surface area contributed by atoms with E-state index in [9.17, 15) is 0 Å². The molecule has 21 heavy (non-hydrogen) atoms. The lowest BCUT2D eigenvalue weighted by Gasteiger charge is -1.99. The maximum absolute atomic E-state index is 5.64. The Bertz CT molecular complexity index is 737. The van der Waals surface area contributed by atoms with Gasteiger partial charge >= 0.3 is 0 Å². The third-order valence-electron chi connectivity index (χ3n) is 2.87. The molecule has 0 bridgehead atoms. The Kier molecular flexibility index (Phi) is 4.40. The zero-order chi connectivity index (χ0) is 14.7. The molecule has 1 aromatic carbocycles. The van der Waals surface area contributed by atoms with E-state index in [1.807, 2.05) is 32.0 Å². The molecule has 3 rings (SSSR count). The lowest BCUT2D eigenvalue weighted by atomic mass is 10.2. The van der Waals surface area contributed by atoms with Gasteiger partial charge in [-0.15, -0.1) is 10.2 Å². The molecule has 2 aromatic heterocycles. The largest absolute Gasteiger partial charge is 0.424 e. The van der Waals surface area contributed by atoms with E-state index in [1.54, 1.807) is 23.1 Å². The van der Waals surface area contributed by atoms with Crippen LogP contribution in [-0.2, 0) is 0 Å². The van der Waals surface area contributed by atoms with Gasteiger partial charge in [0.05, 0.1) is 0 Å². The van der Waals surface area contributed by atoms with Gasteiger partial charge in [-0.3, -0.25) is 0 Å². The van der Waals surface area contributed by atoms with E-state index in [1.165, 1.54) is 5.56 Å². The SMILES string of the molecule is Cc1ccc2oc(NCCCSc3nnc(C)s3)nc2c1. The minimum Gasteiger partial charge on any atom is -0.424 e. The summed E-state index contributed by atoms with van der Waals surface area (Å²) in [7, 11) is 0. The number of thioether (sulfide) groups is 1. The Labute approximate surface area is 131 Å². The number of aromatic nitrogens is 3. The summed E-state index contributed by atoms with van der Waals surface area (Å²) in [6, 6.07) is 6.60. The van der Waals surface area contributed by atoms with Crippen LogP contribution >= 0.6 is 23.1 Å². The Hall–Kier alpha value is -1.60. The molecule has 0 aliphatic heterocycles. The maximum Gasteiger partial charge on any atom is 0.295 e. The van der Waals surface area contributed by atoms with Crippen molar-refractivity contribution in [2.45, 2.75) is 24.6 Å². The van der Waals surface area contributed by atoms with Crippen LogP contribution in [0.4, 0.5) is 6.01 Å². The van der Waals surface area contributed by atoms with Crippen molar-refractivity contribution in [3.8, 4) is 0 Å². The van der Waals surface area contributed by atoms with E-state index in [4.69, 9.17) is 4.42 Å². The summed E-state index contributed by atoms with van der Waals surface area (Å²) >= 11 is 3.37. The van der Waals surface area contributed by atoms with Crippen molar-refractivity contribution < 1.29 is 4.42 Å². The van der Waals surface area contributed by atoms with Gasteiger partial charge in [-0.25, -0.2) is 0 Å². The van der Waals surface area contributed by atoms with Crippen molar-refractivity contribution in [1.82, 2.24) is 15.2 Å². The number of fused-ring (bicyclic) bond motifs is 1. The molecule has 0 saturated carbocycles. The maximum atomic E-state index is 5.64. The third kappa shape index (κ3) is 3.74. The molecule has 0 aliphatic carbocycles. The van der Waals surface area contributed by atoms with Crippen molar-refractivity contribution in [2.75, 3.05) is 17.6 Å². The Balaban J connectivity index is 1.46. The molecule has 1 N–H and O–H groups in total. The molecule has 0 radical (unpaired) electrons. The number of hydrogen-bond donors (Lipinski definition) is 1. The monoisotopic (exact) mass is 320 g/mol. The Morgan fingerprint density at radius 1 is 1.29 bits per heavy atom. The molecule has 0 spiro atoms. The molecular formula is C14H16N4OS2. The van der Waals surface area contributed by atoms with Crippen molar-refractivity contribution in [1.29, 1.82) is 0 Å². The molecule has 0 aliphatic rings. The van der Waals surface area contributed by atoms with Crippen LogP contribution < -0.4 is 5.32 Å². The van der Waals surface area contributed by atoms with Crippen LogP contribution in [0, 0.1) is 13.8 Å². The normalized spacial score (nSPS) is 11.1. The minimum absolute atomic E-state index is 0.590. The van der Waals surface area contributed by atoms with Crippen LogP contribution in [0.25, 0.3) is 11.1 Å². The number of nitrogens with one attached hydrogen (secondary N) is 1.